The van der Waals surface area contributed by atoms with E-state index in [0.717, 1.165) is 28.5 Å². The van der Waals surface area contributed by atoms with E-state index in [2.05, 4.69) is 35.3 Å². The Hall–Kier alpha value is -2.18. The van der Waals surface area contributed by atoms with Gasteiger partial charge in [0.25, 0.3) is 0 Å². The molecule has 1 aromatic carbocycles. The lowest BCUT2D eigenvalue weighted by molar-refractivity contribution is 0.155. The maximum atomic E-state index is 11.3. The summed E-state index contributed by atoms with van der Waals surface area (Å²) < 4.78 is 5.30. The summed E-state index contributed by atoms with van der Waals surface area (Å²) >= 11 is 8.09. The highest BCUT2D eigenvalue weighted by molar-refractivity contribution is 8.00. The Morgan fingerprint density at radius 3 is 2.62 bits per heavy atom. The number of halogens is 1. The SMILES string of the molecule is COc1nc(C(=C[C@H]2CCN(C(=O)O)C2)c2ccc(SC3CC3)cc2)ccc1Cl. The Labute approximate surface area is 179 Å². The highest BCUT2D eigenvalue weighted by Crippen LogP contribution is 2.39. The second kappa shape index (κ2) is 8.67. The summed E-state index contributed by atoms with van der Waals surface area (Å²) in [5.74, 6) is 0.527. The van der Waals surface area contributed by atoms with Gasteiger partial charge in [0.15, 0.2) is 0 Å². The van der Waals surface area contributed by atoms with Crippen LogP contribution in [0.5, 0.6) is 5.88 Å². The first-order valence-corrected chi connectivity index (χ1v) is 11.0. The number of ether oxygens (including phenoxy) is 1. The van der Waals surface area contributed by atoms with E-state index in [0.29, 0.717) is 24.0 Å². The molecule has 1 aliphatic heterocycles. The van der Waals surface area contributed by atoms with Crippen LogP contribution in [0, 0.1) is 5.92 Å². The Kier molecular flexibility index (Phi) is 6.01. The number of likely N-dealkylation sites (tertiary alicyclic amines) is 1. The minimum Gasteiger partial charge on any atom is -0.480 e. The number of amides is 1. The molecule has 1 aliphatic carbocycles. The van der Waals surface area contributed by atoms with E-state index < -0.39 is 6.09 Å². The largest absolute Gasteiger partial charge is 0.480 e. The molecule has 1 amide bonds. The molecule has 2 fully saturated rings. The summed E-state index contributed by atoms with van der Waals surface area (Å²) in [4.78, 5) is 18.6. The molecular formula is C22H23ClN2O3S. The van der Waals surface area contributed by atoms with Gasteiger partial charge in [-0.05, 0) is 55.0 Å². The van der Waals surface area contributed by atoms with E-state index in [-0.39, 0.29) is 5.92 Å². The summed E-state index contributed by atoms with van der Waals surface area (Å²) in [5.41, 5.74) is 2.79. The summed E-state index contributed by atoms with van der Waals surface area (Å²) in [6.45, 7) is 1.05. The van der Waals surface area contributed by atoms with Crippen LogP contribution in [0.25, 0.3) is 5.57 Å². The van der Waals surface area contributed by atoms with E-state index in [1.165, 1.54) is 22.6 Å². The van der Waals surface area contributed by atoms with E-state index >= 15 is 0 Å². The highest BCUT2D eigenvalue weighted by atomic mass is 35.5. The second-order valence-corrected chi connectivity index (χ2v) is 9.17. The Balaban J connectivity index is 1.66. The van der Waals surface area contributed by atoms with Gasteiger partial charge < -0.3 is 14.7 Å². The zero-order chi connectivity index (χ0) is 20.4. The van der Waals surface area contributed by atoms with Crippen molar-refractivity contribution in [1.82, 2.24) is 9.88 Å². The van der Waals surface area contributed by atoms with Crippen molar-refractivity contribution in [2.24, 2.45) is 5.92 Å². The number of hydrogen-bond acceptors (Lipinski definition) is 4. The quantitative estimate of drug-likeness (QED) is 0.662. The molecule has 7 heteroatoms. The summed E-state index contributed by atoms with van der Waals surface area (Å²) in [5, 5.41) is 10.5. The standard InChI is InChI=1S/C22H23ClN2O3S/c1-28-21-19(23)8-9-20(24-21)18(12-14-10-11-25(13-14)22(26)27)15-2-4-16(5-3-15)29-17-6-7-17/h2-5,8-9,12,14,17H,6-7,10-11,13H2,1H3,(H,26,27)/t14-/m1/s1. The van der Waals surface area contributed by atoms with E-state index in [1.807, 2.05) is 17.8 Å². The van der Waals surface area contributed by atoms with E-state index in [1.54, 1.807) is 13.2 Å². The molecule has 0 radical (unpaired) electrons. The van der Waals surface area contributed by atoms with Gasteiger partial charge in [0, 0.05) is 28.8 Å². The van der Waals surface area contributed by atoms with Gasteiger partial charge in [-0.2, -0.15) is 0 Å². The third-order valence-electron chi connectivity index (χ3n) is 5.17. The predicted octanol–water partition coefficient (Wildman–Crippen LogP) is 5.43. The molecular weight excluding hydrogens is 408 g/mol. The average Bonchev–Trinajstić information content (AvgIpc) is 3.40. The number of carbonyl (C=O) groups is 1. The number of carboxylic acid groups (broad SMARTS) is 1. The summed E-state index contributed by atoms with van der Waals surface area (Å²) in [6, 6.07) is 12.2. The predicted molar refractivity (Wildman–Crippen MR) is 116 cm³/mol. The minimum atomic E-state index is -0.866. The second-order valence-electron chi connectivity index (χ2n) is 7.39. The van der Waals surface area contributed by atoms with E-state index in [4.69, 9.17) is 16.3 Å². The van der Waals surface area contributed by atoms with Gasteiger partial charge in [0.05, 0.1) is 12.8 Å². The fourth-order valence-electron chi connectivity index (χ4n) is 3.47. The fourth-order valence-corrected chi connectivity index (χ4v) is 4.70. The van der Waals surface area contributed by atoms with Crippen molar-refractivity contribution in [1.29, 1.82) is 0 Å². The molecule has 152 valence electrons. The van der Waals surface area contributed by atoms with E-state index in [9.17, 15) is 9.90 Å². The molecule has 0 spiro atoms. The molecule has 5 nitrogen and oxygen atoms in total. The van der Waals surface area contributed by atoms with Crippen molar-refractivity contribution in [2.45, 2.75) is 29.4 Å². The van der Waals surface area contributed by atoms with Gasteiger partial charge in [-0.15, -0.1) is 11.8 Å². The minimum absolute atomic E-state index is 0.144. The molecule has 2 heterocycles. The number of nitrogens with zero attached hydrogens (tertiary/aromatic N) is 2. The summed E-state index contributed by atoms with van der Waals surface area (Å²) in [7, 11) is 1.55. The van der Waals surface area contributed by atoms with Gasteiger partial charge in [-0.25, -0.2) is 9.78 Å². The molecule has 1 aromatic heterocycles. The van der Waals surface area contributed by atoms with Crippen LogP contribution in [0.4, 0.5) is 4.79 Å². The number of methoxy groups -OCH3 is 1. The molecule has 0 unspecified atom stereocenters. The van der Waals surface area contributed by atoms with Crippen molar-refractivity contribution in [3.05, 3.63) is 58.8 Å². The van der Waals surface area contributed by atoms with Crippen molar-refractivity contribution in [3.63, 3.8) is 0 Å². The summed E-state index contributed by atoms with van der Waals surface area (Å²) in [6.07, 6.45) is 4.68. The zero-order valence-corrected chi connectivity index (χ0v) is 17.7. The first kappa shape index (κ1) is 20.1. The van der Waals surface area contributed by atoms with Crippen molar-refractivity contribution >= 4 is 35.0 Å². The van der Waals surface area contributed by atoms with Crippen LogP contribution in [-0.2, 0) is 0 Å². The van der Waals surface area contributed by atoms with Crippen molar-refractivity contribution in [3.8, 4) is 5.88 Å². The lowest BCUT2D eigenvalue weighted by Crippen LogP contribution is -2.26. The van der Waals surface area contributed by atoms with Gasteiger partial charge in [-0.1, -0.05) is 29.8 Å². The molecule has 2 aliphatic rings. The number of aromatic nitrogens is 1. The first-order chi connectivity index (χ1) is 14.0. The number of thioether (sulfide) groups is 1. The molecule has 1 saturated carbocycles. The van der Waals surface area contributed by atoms with Crippen molar-refractivity contribution in [2.75, 3.05) is 20.2 Å². The van der Waals surface area contributed by atoms with Gasteiger partial charge >= 0.3 is 6.09 Å². The maximum Gasteiger partial charge on any atom is 0.407 e. The topological polar surface area (TPSA) is 62.7 Å². The van der Waals surface area contributed by atoms with Crippen LogP contribution < -0.4 is 4.74 Å². The molecule has 2 aromatic rings. The lowest BCUT2D eigenvalue weighted by Gasteiger charge is -2.14. The van der Waals surface area contributed by atoms with Crippen LogP contribution in [-0.4, -0.2) is 46.5 Å². The lowest BCUT2D eigenvalue weighted by atomic mass is 9.96. The zero-order valence-electron chi connectivity index (χ0n) is 16.2. The monoisotopic (exact) mass is 430 g/mol. The van der Waals surface area contributed by atoms with Crippen LogP contribution in [0.2, 0.25) is 5.02 Å². The number of rotatable bonds is 6. The smallest absolute Gasteiger partial charge is 0.407 e. The third kappa shape index (κ3) is 4.87. The highest BCUT2D eigenvalue weighted by Gasteiger charge is 2.26. The number of hydrogen-bond donors (Lipinski definition) is 1. The molecule has 1 atom stereocenters. The van der Waals surface area contributed by atoms with Crippen LogP contribution in [0.1, 0.15) is 30.5 Å². The first-order valence-electron chi connectivity index (χ1n) is 9.71. The average molecular weight is 431 g/mol. The van der Waals surface area contributed by atoms with Crippen LogP contribution >= 0.6 is 23.4 Å². The van der Waals surface area contributed by atoms with Gasteiger partial charge in [0.1, 0.15) is 5.02 Å². The molecule has 1 N–H and O–H groups in total. The number of benzene rings is 1. The maximum absolute atomic E-state index is 11.3. The van der Waals surface area contributed by atoms with Crippen LogP contribution in [0.15, 0.2) is 47.4 Å². The Bertz CT molecular complexity index is 928. The Morgan fingerprint density at radius 2 is 2.00 bits per heavy atom. The fraction of sp³-hybridized carbons (Fsp3) is 0.364. The van der Waals surface area contributed by atoms with Crippen LogP contribution in [0.3, 0.4) is 0 Å². The van der Waals surface area contributed by atoms with Gasteiger partial charge in [0.2, 0.25) is 5.88 Å². The van der Waals surface area contributed by atoms with Crippen molar-refractivity contribution < 1.29 is 14.6 Å². The normalized spacial score (nSPS) is 19.4. The molecule has 29 heavy (non-hydrogen) atoms. The Morgan fingerprint density at radius 1 is 1.24 bits per heavy atom. The number of pyridine rings is 1. The molecule has 4 rings (SSSR count). The third-order valence-corrected chi connectivity index (χ3v) is 6.81. The van der Waals surface area contributed by atoms with Gasteiger partial charge in [-0.3, -0.25) is 0 Å². The molecule has 0 bridgehead atoms. The molecule has 1 saturated heterocycles.